The second kappa shape index (κ2) is 3.05. The molecule has 0 spiro atoms. The van der Waals surface area contributed by atoms with E-state index >= 15 is 0 Å². The SMILES string of the molecule is CCOC(=O)[C@@H]1C[C@@H]2CC[C@H]1O2. The zero-order valence-electron chi connectivity index (χ0n) is 7.29. The van der Waals surface area contributed by atoms with E-state index in [0.717, 1.165) is 19.3 Å². The van der Waals surface area contributed by atoms with Crippen LogP contribution in [0.3, 0.4) is 0 Å². The van der Waals surface area contributed by atoms with Crippen molar-refractivity contribution in [3.8, 4) is 0 Å². The first-order valence-corrected chi connectivity index (χ1v) is 4.63. The number of hydrogen-bond donors (Lipinski definition) is 0. The number of fused-ring (bicyclic) bond motifs is 2. The summed E-state index contributed by atoms with van der Waals surface area (Å²) in [5, 5.41) is 0. The van der Waals surface area contributed by atoms with E-state index in [1.54, 1.807) is 0 Å². The number of hydrogen-bond acceptors (Lipinski definition) is 3. The first-order valence-electron chi connectivity index (χ1n) is 4.63. The molecule has 2 aliphatic heterocycles. The first-order chi connectivity index (χ1) is 5.81. The lowest BCUT2D eigenvalue weighted by Crippen LogP contribution is -2.27. The molecule has 68 valence electrons. The van der Waals surface area contributed by atoms with Crippen LogP contribution in [0.1, 0.15) is 26.2 Å². The maximum atomic E-state index is 11.3. The van der Waals surface area contributed by atoms with E-state index in [0.29, 0.717) is 12.7 Å². The van der Waals surface area contributed by atoms with E-state index in [-0.39, 0.29) is 18.0 Å². The highest BCUT2D eigenvalue weighted by Gasteiger charge is 2.45. The molecule has 0 aromatic carbocycles. The summed E-state index contributed by atoms with van der Waals surface area (Å²) < 4.78 is 10.5. The van der Waals surface area contributed by atoms with Crippen LogP contribution in [0.25, 0.3) is 0 Å². The van der Waals surface area contributed by atoms with Crippen LogP contribution in [0.15, 0.2) is 0 Å². The van der Waals surface area contributed by atoms with Crippen LogP contribution in [-0.2, 0) is 14.3 Å². The van der Waals surface area contributed by atoms with Crippen molar-refractivity contribution in [1.29, 1.82) is 0 Å². The fourth-order valence-corrected chi connectivity index (χ4v) is 2.14. The molecule has 3 atom stereocenters. The highest BCUT2D eigenvalue weighted by atomic mass is 16.5. The van der Waals surface area contributed by atoms with Crippen molar-refractivity contribution < 1.29 is 14.3 Å². The van der Waals surface area contributed by atoms with E-state index in [1.807, 2.05) is 6.92 Å². The Kier molecular flexibility index (Phi) is 2.05. The Balaban J connectivity index is 1.93. The van der Waals surface area contributed by atoms with Gasteiger partial charge in [0, 0.05) is 0 Å². The maximum Gasteiger partial charge on any atom is 0.311 e. The Morgan fingerprint density at radius 1 is 1.58 bits per heavy atom. The zero-order chi connectivity index (χ0) is 8.55. The van der Waals surface area contributed by atoms with E-state index in [2.05, 4.69) is 0 Å². The molecule has 2 rings (SSSR count). The van der Waals surface area contributed by atoms with Gasteiger partial charge >= 0.3 is 5.97 Å². The van der Waals surface area contributed by atoms with Gasteiger partial charge in [-0.15, -0.1) is 0 Å². The Morgan fingerprint density at radius 3 is 2.92 bits per heavy atom. The monoisotopic (exact) mass is 170 g/mol. The number of carbonyl (C=O) groups excluding carboxylic acids is 1. The summed E-state index contributed by atoms with van der Waals surface area (Å²) in [6.45, 7) is 2.32. The minimum atomic E-state index is -0.0651. The number of rotatable bonds is 2. The third kappa shape index (κ3) is 1.22. The third-order valence-corrected chi connectivity index (χ3v) is 2.70. The summed E-state index contributed by atoms with van der Waals surface area (Å²) >= 11 is 0. The Bertz CT molecular complexity index is 190. The molecule has 0 aromatic heterocycles. The second-order valence-corrected chi connectivity index (χ2v) is 3.47. The van der Waals surface area contributed by atoms with Gasteiger partial charge in [-0.2, -0.15) is 0 Å². The van der Waals surface area contributed by atoms with Gasteiger partial charge in [0.05, 0.1) is 24.7 Å². The Labute approximate surface area is 72.0 Å². The van der Waals surface area contributed by atoms with Crippen LogP contribution >= 0.6 is 0 Å². The van der Waals surface area contributed by atoms with Gasteiger partial charge in [0.25, 0.3) is 0 Å². The van der Waals surface area contributed by atoms with Crippen molar-refractivity contribution in [3.63, 3.8) is 0 Å². The van der Waals surface area contributed by atoms with Gasteiger partial charge in [0.2, 0.25) is 0 Å². The van der Waals surface area contributed by atoms with E-state index in [9.17, 15) is 4.79 Å². The largest absolute Gasteiger partial charge is 0.466 e. The molecular weight excluding hydrogens is 156 g/mol. The minimum absolute atomic E-state index is 0.0312. The summed E-state index contributed by atoms with van der Waals surface area (Å²) in [6, 6.07) is 0. The van der Waals surface area contributed by atoms with Crippen molar-refractivity contribution in [2.45, 2.75) is 38.4 Å². The van der Waals surface area contributed by atoms with Crippen molar-refractivity contribution in [3.05, 3.63) is 0 Å². The van der Waals surface area contributed by atoms with Crippen molar-refractivity contribution in [2.24, 2.45) is 5.92 Å². The fraction of sp³-hybridized carbons (Fsp3) is 0.889. The lowest BCUT2D eigenvalue weighted by molar-refractivity contribution is -0.149. The van der Waals surface area contributed by atoms with Gasteiger partial charge in [-0.25, -0.2) is 0 Å². The maximum absolute atomic E-state index is 11.3. The average molecular weight is 170 g/mol. The molecular formula is C9H14O3. The summed E-state index contributed by atoms with van der Waals surface area (Å²) in [5.41, 5.74) is 0. The molecule has 2 bridgehead atoms. The molecule has 12 heavy (non-hydrogen) atoms. The van der Waals surface area contributed by atoms with Crippen LogP contribution in [0.2, 0.25) is 0 Å². The third-order valence-electron chi connectivity index (χ3n) is 2.70. The van der Waals surface area contributed by atoms with Crippen molar-refractivity contribution in [2.75, 3.05) is 6.61 Å². The molecule has 3 heteroatoms. The van der Waals surface area contributed by atoms with Crippen LogP contribution < -0.4 is 0 Å². The van der Waals surface area contributed by atoms with Crippen LogP contribution in [-0.4, -0.2) is 24.8 Å². The molecule has 0 amide bonds. The average Bonchev–Trinajstić information content (AvgIpc) is 2.64. The van der Waals surface area contributed by atoms with Gasteiger partial charge in [0.15, 0.2) is 0 Å². The van der Waals surface area contributed by atoms with E-state index < -0.39 is 0 Å². The highest BCUT2D eigenvalue weighted by molar-refractivity contribution is 5.73. The predicted molar refractivity (Wildman–Crippen MR) is 42.6 cm³/mol. The summed E-state index contributed by atoms with van der Waals surface area (Å²) in [7, 11) is 0. The standard InChI is InChI=1S/C9H14O3/c1-2-11-9(10)7-5-6-3-4-8(7)12-6/h6-8H,2-5H2,1H3/t6-,7+,8+/m0/s1. The van der Waals surface area contributed by atoms with E-state index in [1.165, 1.54) is 0 Å². The molecule has 0 N–H and O–H groups in total. The molecule has 0 unspecified atom stereocenters. The molecule has 2 fully saturated rings. The normalized spacial score (nSPS) is 38.6. The summed E-state index contributed by atoms with van der Waals surface area (Å²) in [6.07, 6.45) is 3.54. The number of carbonyl (C=O) groups is 1. The number of esters is 1. The molecule has 2 aliphatic rings. The van der Waals surface area contributed by atoms with Gasteiger partial charge < -0.3 is 9.47 Å². The lowest BCUT2D eigenvalue weighted by Gasteiger charge is -2.16. The Hall–Kier alpha value is -0.570. The summed E-state index contributed by atoms with van der Waals surface area (Å²) in [4.78, 5) is 11.3. The number of ether oxygens (including phenoxy) is 2. The molecule has 2 heterocycles. The highest BCUT2D eigenvalue weighted by Crippen LogP contribution is 2.39. The van der Waals surface area contributed by atoms with Crippen molar-refractivity contribution >= 4 is 5.97 Å². The van der Waals surface area contributed by atoms with Gasteiger partial charge in [0.1, 0.15) is 0 Å². The quantitative estimate of drug-likeness (QED) is 0.582. The predicted octanol–water partition coefficient (Wildman–Crippen LogP) is 1.12. The fourth-order valence-electron chi connectivity index (χ4n) is 2.14. The second-order valence-electron chi connectivity index (χ2n) is 3.47. The molecule has 2 saturated heterocycles. The minimum Gasteiger partial charge on any atom is -0.466 e. The summed E-state index contributed by atoms with van der Waals surface area (Å²) in [5.74, 6) is -0.0339. The van der Waals surface area contributed by atoms with Crippen molar-refractivity contribution in [1.82, 2.24) is 0 Å². The smallest absolute Gasteiger partial charge is 0.311 e. The topological polar surface area (TPSA) is 35.5 Å². The van der Waals surface area contributed by atoms with E-state index in [4.69, 9.17) is 9.47 Å². The molecule has 3 nitrogen and oxygen atoms in total. The lowest BCUT2D eigenvalue weighted by atomic mass is 9.89. The first kappa shape index (κ1) is 8.05. The molecule has 0 radical (unpaired) electrons. The molecule has 0 aliphatic carbocycles. The molecule has 0 aromatic rings. The zero-order valence-corrected chi connectivity index (χ0v) is 7.29. The van der Waals surface area contributed by atoms with Gasteiger partial charge in [-0.3, -0.25) is 4.79 Å². The Morgan fingerprint density at radius 2 is 2.42 bits per heavy atom. The van der Waals surface area contributed by atoms with Gasteiger partial charge in [-0.05, 0) is 26.2 Å². The van der Waals surface area contributed by atoms with Gasteiger partial charge in [-0.1, -0.05) is 0 Å². The van der Waals surface area contributed by atoms with Crippen LogP contribution in [0.5, 0.6) is 0 Å². The van der Waals surface area contributed by atoms with Crippen LogP contribution in [0, 0.1) is 5.92 Å². The van der Waals surface area contributed by atoms with Crippen LogP contribution in [0.4, 0.5) is 0 Å². The molecule has 0 saturated carbocycles.